The van der Waals surface area contributed by atoms with Gasteiger partial charge in [-0.3, -0.25) is 4.79 Å². The summed E-state index contributed by atoms with van der Waals surface area (Å²) in [5, 5.41) is 21.2. The summed E-state index contributed by atoms with van der Waals surface area (Å²) in [5.74, 6) is 1.43. The van der Waals surface area contributed by atoms with Gasteiger partial charge in [-0.05, 0) is 37.8 Å². The van der Waals surface area contributed by atoms with Crippen LogP contribution >= 0.6 is 0 Å². The summed E-state index contributed by atoms with van der Waals surface area (Å²) in [6.45, 7) is 0. The number of carbonyl (C=O) groups excluding carboxylic acids is 1. The normalized spacial score (nSPS) is 20.9. The van der Waals surface area contributed by atoms with E-state index in [1.807, 2.05) is 37.6 Å². The molecular formula is C24H27N7O2. The van der Waals surface area contributed by atoms with Gasteiger partial charge in [-0.15, -0.1) is 0 Å². The van der Waals surface area contributed by atoms with Crippen LogP contribution < -0.4 is 10.6 Å². The molecule has 2 aromatic heterocycles. The van der Waals surface area contributed by atoms with Gasteiger partial charge in [-0.1, -0.05) is 12.8 Å². The third-order valence-corrected chi connectivity index (χ3v) is 6.81. The Morgan fingerprint density at radius 2 is 2.00 bits per heavy atom. The van der Waals surface area contributed by atoms with Gasteiger partial charge < -0.3 is 20.3 Å². The predicted octanol–water partition coefficient (Wildman–Crippen LogP) is 3.11. The molecule has 2 aliphatic carbocycles. The molecule has 1 amide bonds. The first-order valence-electron chi connectivity index (χ1n) is 11.7. The van der Waals surface area contributed by atoms with Gasteiger partial charge in [-0.2, -0.15) is 9.61 Å². The number of carbonyl (C=O) groups is 1. The number of aliphatic hydroxyl groups excluding tert-OH is 1. The minimum atomic E-state index is -0.362. The molecule has 3 N–H and O–H groups in total. The summed E-state index contributed by atoms with van der Waals surface area (Å²) in [4.78, 5) is 22.3. The number of pyridine rings is 1. The zero-order chi connectivity index (χ0) is 22.5. The largest absolute Gasteiger partial charge is 0.391 e. The number of hydrogen-bond donors (Lipinski definition) is 3. The van der Waals surface area contributed by atoms with Crippen molar-refractivity contribution >= 4 is 17.4 Å². The molecule has 0 unspecified atom stereocenters. The zero-order valence-electron chi connectivity index (χ0n) is 18.5. The molecule has 2 fully saturated rings. The topological polar surface area (TPSA) is 109 Å². The molecule has 2 atom stereocenters. The highest BCUT2D eigenvalue weighted by Gasteiger charge is 2.29. The highest BCUT2D eigenvalue weighted by atomic mass is 16.3. The highest BCUT2D eigenvalue weighted by Crippen LogP contribution is 2.38. The number of nitrogens with zero attached hydrogens (tertiary/aromatic N) is 5. The Kier molecular flexibility index (Phi) is 4.79. The van der Waals surface area contributed by atoms with E-state index >= 15 is 0 Å². The number of anilines is 1. The lowest BCUT2D eigenvalue weighted by atomic mass is 9.92. The van der Waals surface area contributed by atoms with Crippen molar-refractivity contribution in [3.05, 3.63) is 42.4 Å². The standard InChI is InChI=1S/C24H27N7O2/c1-25-21-11-18(29-23-17(13-27-31(21)23)24(33)28-14-8-9-14)16-12-26-22-15(16)5-4-10-30(22)19-6-2-3-7-20(19)32/h4-5,10-14,19-20,25,32H,2-3,6-9H2,1H3,(H,28,33)/t19-,20-/m1/s1. The number of fused-ring (bicyclic) bond motifs is 2. The molecule has 4 heterocycles. The summed E-state index contributed by atoms with van der Waals surface area (Å²) in [6.07, 6.45) is 11.0. The van der Waals surface area contributed by atoms with Gasteiger partial charge >= 0.3 is 0 Å². The molecule has 33 heavy (non-hydrogen) atoms. The molecule has 2 aromatic rings. The maximum absolute atomic E-state index is 12.8. The molecule has 2 saturated carbocycles. The van der Waals surface area contributed by atoms with Gasteiger partial charge in [-0.25, -0.2) is 9.97 Å². The van der Waals surface area contributed by atoms with Crippen molar-refractivity contribution in [2.24, 2.45) is 0 Å². The van der Waals surface area contributed by atoms with E-state index in [-0.39, 0.29) is 24.1 Å². The van der Waals surface area contributed by atoms with Gasteiger partial charge in [0, 0.05) is 42.7 Å². The zero-order valence-corrected chi connectivity index (χ0v) is 18.5. The smallest absolute Gasteiger partial charge is 0.256 e. The van der Waals surface area contributed by atoms with Crippen LogP contribution in [-0.2, 0) is 0 Å². The lowest BCUT2D eigenvalue weighted by molar-refractivity contribution is 0.0756. The fraction of sp³-hybridized carbons (Fsp3) is 0.417. The maximum atomic E-state index is 12.8. The molecule has 4 aliphatic rings. The minimum absolute atomic E-state index is 0.0288. The fourth-order valence-electron chi connectivity index (χ4n) is 4.88. The van der Waals surface area contributed by atoms with Crippen LogP contribution in [-0.4, -0.2) is 54.4 Å². The van der Waals surface area contributed by atoms with E-state index < -0.39 is 0 Å². The second kappa shape index (κ2) is 7.84. The monoisotopic (exact) mass is 445 g/mol. The highest BCUT2D eigenvalue weighted by molar-refractivity contribution is 6.00. The van der Waals surface area contributed by atoms with Crippen LogP contribution in [0.25, 0.3) is 28.3 Å². The first kappa shape index (κ1) is 20.2. The Morgan fingerprint density at radius 3 is 2.79 bits per heavy atom. The van der Waals surface area contributed by atoms with Crippen molar-refractivity contribution in [3.8, 4) is 22.6 Å². The average Bonchev–Trinajstić information content (AvgIpc) is 3.37. The van der Waals surface area contributed by atoms with Crippen LogP contribution in [0.4, 0.5) is 5.82 Å². The van der Waals surface area contributed by atoms with Gasteiger partial charge in [0.15, 0.2) is 5.65 Å². The first-order chi connectivity index (χ1) is 16.1. The Labute approximate surface area is 191 Å². The van der Waals surface area contributed by atoms with Crippen molar-refractivity contribution < 1.29 is 9.90 Å². The van der Waals surface area contributed by atoms with Crippen LogP contribution in [0.3, 0.4) is 0 Å². The molecule has 0 aromatic carbocycles. The SMILES string of the molecule is CNc1cc(-c2cnc3n([C@@H]4CCCC[C@H]4O)cccc2-3)nc2c(C(=O)NC3CC3)cnn12. The summed E-state index contributed by atoms with van der Waals surface area (Å²) in [5.41, 5.74) is 3.55. The van der Waals surface area contributed by atoms with E-state index in [4.69, 9.17) is 9.97 Å². The number of aromatic nitrogens is 5. The molecule has 6 rings (SSSR count). The summed E-state index contributed by atoms with van der Waals surface area (Å²) < 4.78 is 3.76. The van der Waals surface area contributed by atoms with Crippen LogP contribution in [0.2, 0.25) is 0 Å². The van der Waals surface area contributed by atoms with Crippen molar-refractivity contribution in [1.29, 1.82) is 0 Å². The Bertz CT molecular complexity index is 1310. The molecule has 9 heteroatoms. The molecular weight excluding hydrogens is 418 g/mol. The summed E-state index contributed by atoms with van der Waals surface area (Å²) >= 11 is 0. The van der Waals surface area contributed by atoms with E-state index in [1.54, 1.807) is 10.7 Å². The summed E-state index contributed by atoms with van der Waals surface area (Å²) in [7, 11) is 1.82. The van der Waals surface area contributed by atoms with Crippen molar-refractivity contribution in [2.45, 2.75) is 56.7 Å². The van der Waals surface area contributed by atoms with Crippen molar-refractivity contribution in [2.75, 3.05) is 12.4 Å². The van der Waals surface area contributed by atoms with E-state index in [9.17, 15) is 9.90 Å². The van der Waals surface area contributed by atoms with E-state index in [2.05, 4.69) is 20.3 Å². The molecule has 170 valence electrons. The molecule has 0 spiro atoms. The van der Waals surface area contributed by atoms with Gasteiger partial charge in [0.05, 0.1) is 24.0 Å². The average molecular weight is 446 g/mol. The van der Waals surface area contributed by atoms with Crippen molar-refractivity contribution in [3.63, 3.8) is 0 Å². The molecule has 2 aliphatic heterocycles. The number of hydrogen-bond acceptors (Lipinski definition) is 6. The Balaban J connectivity index is 1.43. The van der Waals surface area contributed by atoms with E-state index in [0.29, 0.717) is 11.2 Å². The first-order valence-corrected chi connectivity index (χ1v) is 11.7. The molecule has 9 nitrogen and oxygen atoms in total. The van der Waals surface area contributed by atoms with Crippen LogP contribution in [0.1, 0.15) is 54.9 Å². The second-order valence-electron chi connectivity index (χ2n) is 9.06. The number of rotatable bonds is 5. The van der Waals surface area contributed by atoms with Gasteiger partial charge in [0.25, 0.3) is 5.91 Å². The second-order valence-corrected chi connectivity index (χ2v) is 9.06. The molecule has 0 bridgehead atoms. The predicted molar refractivity (Wildman–Crippen MR) is 124 cm³/mol. The van der Waals surface area contributed by atoms with Crippen LogP contribution in [0.5, 0.6) is 0 Å². The number of aliphatic hydroxyl groups is 1. The molecule has 0 radical (unpaired) electrons. The lowest BCUT2D eigenvalue weighted by Crippen LogP contribution is -2.28. The Morgan fingerprint density at radius 1 is 1.15 bits per heavy atom. The third kappa shape index (κ3) is 3.43. The van der Waals surface area contributed by atoms with E-state index in [1.165, 1.54) is 0 Å². The maximum Gasteiger partial charge on any atom is 0.256 e. The Hall–Kier alpha value is -3.46. The number of amides is 1. The summed E-state index contributed by atoms with van der Waals surface area (Å²) in [6, 6.07) is 6.24. The fourth-order valence-corrected chi connectivity index (χ4v) is 4.88. The van der Waals surface area contributed by atoms with E-state index in [0.717, 1.165) is 67.0 Å². The van der Waals surface area contributed by atoms with Crippen LogP contribution in [0, 0.1) is 0 Å². The third-order valence-electron chi connectivity index (χ3n) is 6.81. The molecule has 0 saturated heterocycles. The lowest BCUT2D eigenvalue weighted by Gasteiger charge is -2.31. The number of nitrogens with one attached hydrogen (secondary N) is 2. The van der Waals surface area contributed by atoms with Crippen molar-refractivity contribution in [1.82, 2.24) is 29.5 Å². The van der Waals surface area contributed by atoms with Crippen LogP contribution in [0.15, 0.2) is 36.8 Å². The quantitative estimate of drug-likeness (QED) is 0.436. The van der Waals surface area contributed by atoms with Gasteiger partial charge in [0.1, 0.15) is 17.2 Å². The minimum Gasteiger partial charge on any atom is -0.391 e. The van der Waals surface area contributed by atoms with Gasteiger partial charge in [0.2, 0.25) is 0 Å².